The minimum Gasteiger partial charge on any atom is -0.396 e. The molecule has 1 unspecified atom stereocenters. The molecule has 0 saturated heterocycles. The van der Waals surface area contributed by atoms with Gasteiger partial charge in [0.2, 0.25) is 0 Å². The summed E-state index contributed by atoms with van der Waals surface area (Å²) in [7, 11) is 0. The molecule has 2 aromatic rings. The Morgan fingerprint density at radius 1 is 1.44 bits per heavy atom. The first-order valence-electron chi connectivity index (χ1n) is 5.45. The van der Waals surface area contributed by atoms with Crippen LogP contribution in [-0.4, -0.2) is 26.9 Å². The predicted molar refractivity (Wildman–Crippen MR) is 68.6 cm³/mol. The SMILES string of the molecule is CC(CCO)SCc1nc2ccccc2[nH]1. The number of rotatable bonds is 5. The Hall–Kier alpha value is -1.00. The summed E-state index contributed by atoms with van der Waals surface area (Å²) in [5.41, 5.74) is 2.11. The maximum Gasteiger partial charge on any atom is 0.117 e. The Morgan fingerprint density at radius 2 is 2.25 bits per heavy atom. The number of hydrogen-bond donors (Lipinski definition) is 2. The van der Waals surface area contributed by atoms with Gasteiger partial charge in [0.15, 0.2) is 0 Å². The number of aromatic amines is 1. The Labute approximate surface area is 99.3 Å². The normalized spacial score (nSPS) is 13.1. The van der Waals surface area contributed by atoms with Gasteiger partial charge in [0, 0.05) is 11.9 Å². The molecule has 1 atom stereocenters. The van der Waals surface area contributed by atoms with Gasteiger partial charge < -0.3 is 10.1 Å². The van der Waals surface area contributed by atoms with Crippen LogP contribution in [0, 0.1) is 0 Å². The number of fused-ring (bicyclic) bond motifs is 1. The molecule has 0 saturated carbocycles. The highest BCUT2D eigenvalue weighted by Gasteiger charge is 2.05. The van der Waals surface area contributed by atoms with Crippen molar-refractivity contribution in [2.75, 3.05) is 6.61 Å². The third-order valence-electron chi connectivity index (χ3n) is 2.48. The maximum atomic E-state index is 8.81. The summed E-state index contributed by atoms with van der Waals surface area (Å²) in [5.74, 6) is 1.88. The zero-order valence-electron chi connectivity index (χ0n) is 9.31. The largest absolute Gasteiger partial charge is 0.396 e. The summed E-state index contributed by atoms with van der Waals surface area (Å²) in [6.07, 6.45) is 0.838. The van der Waals surface area contributed by atoms with Gasteiger partial charge in [-0.25, -0.2) is 4.98 Å². The number of para-hydroxylation sites is 2. The van der Waals surface area contributed by atoms with Crippen molar-refractivity contribution in [3.8, 4) is 0 Å². The van der Waals surface area contributed by atoms with Crippen LogP contribution >= 0.6 is 11.8 Å². The average molecular weight is 236 g/mol. The lowest BCUT2D eigenvalue weighted by atomic mass is 10.3. The highest BCUT2D eigenvalue weighted by Crippen LogP contribution is 2.20. The average Bonchev–Trinajstić information content (AvgIpc) is 2.69. The van der Waals surface area contributed by atoms with E-state index in [1.54, 1.807) is 0 Å². The summed E-state index contributed by atoms with van der Waals surface area (Å²) in [6, 6.07) is 8.05. The quantitative estimate of drug-likeness (QED) is 0.839. The van der Waals surface area contributed by atoms with Gasteiger partial charge in [0.1, 0.15) is 5.82 Å². The van der Waals surface area contributed by atoms with E-state index in [0.29, 0.717) is 5.25 Å². The van der Waals surface area contributed by atoms with Gasteiger partial charge in [-0.2, -0.15) is 11.8 Å². The second-order valence-corrected chi connectivity index (χ2v) is 5.26. The van der Waals surface area contributed by atoms with Gasteiger partial charge in [-0.05, 0) is 18.6 Å². The summed E-state index contributed by atoms with van der Waals surface area (Å²) >= 11 is 1.82. The minimum absolute atomic E-state index is 0.258. The van der Waals surface area contributed by atoms with E-state index in [-0.39, 0.29) is 6.61 Å². The molecule has 1 heterocycles. The van der Waals surface area contributed by atoms with Crippen LogP contribution in [0.25, 0.3) is 11.0 Å². The fourth-order valence-corrected chi connectivity index (χ4v) is 2.41. The molecule has 1 aromatic carbocycles. The predicted octanol–water partition coefficient (Wildman–Crippen LogP) is 2.57. The van der Waals surface area contributed by atoms with Gasteiger partial charge in [-0.1, -0.05) is 19.1 Å². The monoisotopic (exact) mass is 236 g/mol. The Kier molecular flexibility index (Phi) is 3.85. The number of thioether (sulfide) groups is 1. The second-order valence-electron chi connectivity index (χ2n) is 3.83. The molecule has 0 amide bonds. The molecule has 0 spiro atoms. The van der Waals surface area contributed by atoms with Gasteiger partial charge in [-0.15, -0.1) is 0 Å². The zero-order valence-corrected chi connectivity index (χ0v) is 10.1. The molecule has 4 heteroatoms. The van der Waals surface area contributed by atoms with Crippen LogP contribution in [0.15, 0.2) is 24.3 Å². The van der Waals surface area contributed by atoms with Crippen LogP contribution in [0.4, 0.5) is 0 Å². The van der Waals surface area contributed by atoms with Gasteiger partial charge in [0.05, 0.1) is 16.8 Å². The Balaban J connectivity index is 1.99. The van der Waals surface area contributed by atoms with E-state index < -0.39 is 0 Å². The standard InChI is InChI=1S/C12H16N2OS/c1-9(6-7-15)16-8-12-13-10-4-2-3-5-11(10)14-12/h2-5,9,15H,6-8H2,1H3,(H,13,14). The smallest absolute Gasteiger partial charge is 0.117 e. The van der Waals surface area contributed by atoms with E-state index in [4.69, 9.17) is 5.11 Å². The highest BCUT2D eigenvalue weighted by molar-refractivity contribution is 7.99. The van der Waals surface area contributed by atoms with Crippen molar-refractivity contribution in [1.82, 2.24) is 9.97 Å². The van der Waals surface area contributed by atoms with E-state index in [9.17, 15) is 0 Å². The number of nitrogens with zero attached hydrogens (tertiary/aromatic N) is 1. The van der Waals surface area contributed by atoms with Crippen molar-refractivity contribution in [3.05, 3.63) is 30.1 Å². The van der Waals surface area contributed by atoms with Crippen molar-refractivity contribution in [2.24, 2.45) is 0 Å². The molecule has 2 rings (SSSR count). The number of benzene rings is 1. The van der Waals surface area contributed by atoms with E-state index in [1.807, 2.05) is 36.0 Å². The number of imidazole rings is 1. The second kappa shape index (κ2) is 5.37. The van der Waals surface area contributed by atoms with Crippen molar-refractivity contribution in [3.63, 3.8) is 0 Å². The molecule has 0 aliphatic carbocycles. The maximum absolute atomic E-state index is 8.81. The van der Waals surface area contributed by atoms with Gasteiger partial charge in [0.25, 0.3) is 0 Å². The van der Waals surface area contributed by atoms with Crippen molar-refractivity contribution in [2.45, 2.75) is 24.3 Å². The molecule has 86 valence electrons. The van der Waals surface area contributed by atoms with Crippen molar-refractivity contribution < 1.29 is 5.11 Å². The third-order valence-corrected chi connectivity index (χ3v) is 3.72. The third kappa shape index (κ3) is 2.77. The summed E-state index contributed by atoms with van der Waals surface area (Å²) < 4.78 is 0. The first kappa shape index (κ1) is 11.5. The van der Waals surface area contributed by atoms with E-state index in [2.05, 4.69) is 16.9 Å². The molecular weight excluding hydrogens is 220 g/mol. The van der Waals surface area contributed by atoms with Gasteiger partial charge in [-0.3, -0.25) is 0 Å². The minimum atomic E-state index is 0.258. The number of aliphatic hydroxyl groups is 1. The fraction of sp³-hybridized carbons (Fsp3) is 0.417. The van der Waals surface area contributed by atoms with E-state index in [1.165, 1.54) is 0 Å². The number of nitrogens with one attached hydrogen (secondary N) is 1. The summed E-state index contributed by atoms with van der Waals surface area (Å²) in [6.45, 7) is 2.39. The lowest BCUT2D eigenvalue weighted by Crippen LogP contribution is -2.00. The molecule has 0 fully saturated rings. The van der Waals surface area contributed by atoms with Crippen LogP contribution in [0.3, 0.4) is 0 Å². The first-order chi connectivity index (χ1) is 7.79. The molecule has 1 aromatic heterocycles. The zero-order chi connectivity index (χ0) is 11.4. The fourth-order valence-electron chi connectivity index (χ4n) is 1.56. The number of H-pyrrole nitrogens is 1. The molecule has 2 N–H and O–H groups in total. The highest BCUT2D eigenvalue weighted by atomic mass is 32.2. The topological polar surface area (TPSA) is 48.9 Å². The number of hydrogen-bond acceptors (Lipinski definition) is 3. The molecule has 0 aliphatic heterocycles. The molecule has 0 radical (unpaired) electrons. The molecule has 0 aliphatic rings. The van der Waals surface area contributed by atoms with E-state index in [0.717, 1.165) is 29.0 Å². The summed E-state index contributed by atoms with van der Waals surface area (Å²) in [4.78, 5) is 7.80. The van der Waals surface area contributed by atoms with Gasteiger partial charge >= 0.3 is 0 Å². The Morgan fingerprint density at radius 3 is 3.00 bits per heavy atom. The van der Waals surface area contributed by atoms with Crippen LogP contribution in [-0.2, 0) is 5.75 Å². The lowest BCUT2D eigenvalue weighted by Gasteiger charge is -2.06. The first-order valence-corrected chi connectivity index (χ1v) is 6.50. The number of aromatic nitrogens is 2. The van der Waals surface area contributed by atoms with Crippen LogP contribution in [0.1, 0.15) is 19.2 Å². The molecule has 3 nitrogen and oxygen atoms in total. The lowest BCUT2D eigenvalue weighted by molar-refractivity contribution is 0.289. The molecular formula is C12H16N2OS. The molecule has 0 bridgehead atoms. The van der Waals surface area contributed by atoms with Crippen LogP contribution in [0.2, 0.25) is 0 Å². The van der Waals surface area contributed by atoms with Crippen LogP contribution < -0.4 is 0 Å². The number of aliphatic hydroxyl groups excluding tert-OH is 1. The van der Waals surface area contributed by atoms with Crippen LogP contribution in [0.5, 0.6) is 0 Å². The van der Waals surface area contributed by atoms with Crippen molar-refractivity contribution in [1.29, 1.82) is 0 Å². The Bertz CT molecular complexity index is 422. The molecule has 16 heavy (non-hydrogen) atoms. The summed E-state index contributed by atoms with van der Waals surface area (Å²) in [5, 5.41) is 9.28. The van der Waals surface area contributed by atoms with E-state index >= 15 is 0 Å². The van der Waals surface area contributed by atoms with Crippen molar-refractivity contribution >= 4 is 22.8 Å².